The van der Waals surface area contributed by atoms with E-state index < -0.39 is 0 Å². The van der Waals surface area contributed by atoms with Crippen molar-refractivity contribution in [2.45, 2.75) is 57.5 Å². The smallest absolute Gasteiger partial charge is 0.225 e. The largest absolute Gasteiger partial charge is 0.332 e. The van der Waals surface area contributed by atoms with E-state index >= 15 is 0 Å². The SMILES string of the molecule is CCN(C)CCCCCc1cnc(N2C3CCC2CN(C)C3)nc1. The lowest BCUT2D eigenvalue weighted by atomic mass is 10.1. The predicted octanol–water partition coefficient (Wildman–Crippen LogP) is 2.42. The minimum absolute atomic E-state index is 0.607. The van der Waals surface area contributed by atoms with E-state index in [-0.39, 0.29) is 0 Å². The molecule has 1 aromatic heterocycles. The summed E-state index contributed by atoms with van der Waals surface area (Å²) in [6, 6.07) is 1.21. The molecule has 0 saturated carbocycles. The van der Waals surface area contributed by atoms with Crippen LogP contribution < -0.4 is 4.90 Å². The Morgan fingerprint density at radius 3 is 2.38 bits per heavy atom. The molecule has 0 amide bonds. The minimum atomic E-state index is 0.607. The number of piperazine rings is 1. The van der Waals surface area contributed by atoms with E-state index in [9.17, 15) is 0 Å². The van der Waals surface area contributed by atoms with E-state index in [0.717, 1.165) is 32.0 Å². The number of rotatable bonds is 8. The van der Waals surface area contributed by atoms with Crippen molar-refractivity contribution < 1.29 is 0 Å². The third kappa shape index (κ3) is 4.25. The number of likely N-dealkylation sites (tertiary alicyclic amines) is 1. The van der Waals surface area contributed by atoms with Gasteiger partial charge in [0, 0.05) is 37.6 Å². The van der Waals surface area contributed by atoms with Crippen LogP contribution in [0, 0.1) is 0 Å². The molecule has 2 fully saturated rings. The highest BCUT2D eigenvalue weighted by atomic mass is 15.4. The quantitative estimate of drug-likeness (QED) is 0.684. The molecule has 2 unspecified atom stereocenters. The molecule has 24 heavy (non-hydrogen) atoms. The molecule has 1 aromatic rings. The Kier molecular flexibility index (Phi) is 6.06. The molecule has 3 heterocycles. The van der Waals surface area contributed by atoms with Crippen LogP contribution in [0.1, 0.15) is 44.6 Å². The lowest BCUT2D eigenvalue weighted by molar-refractivity contribution is 0.262. The first-order chi connectivity index (χ1) is 11.7. The van der Waals surface area contributed by atoms with Crippen molar-refractivity contribution in [3.63, 3.8) is 0 Å². The van der Waals surface area contributed by atoms with Crippen LogP contribution >= 0.6 is 0 Å². The van der Waals surface area contributed by atoms with E-state index in [4.69, 9.17) is 9.97 Å². The molecular weight excluding hydrogens is 298 g/mol. The van der Waals surface area contributed by atoms with Gasteiger partial charge in [-0.25, -0.2) is 9.97 Å². The van der Waals surface area contributed by atoms with Crippen LogP contribution in [0.15, 0.2) is 12.4 Å². The number of hydrogen-bond acceptors (Lipinski definition) is 5. The third-order valence-electron chi connectivity index (χ3n) is 5.63. The summed E-state index contributed by atoms with van der Waals surface area (Å²) in [7, 11) is 4.42. The number of aromatic nitrogens is 2. The predicted molar refractivity (Wildman–Crippen MR) is 99.5 cm³/mol. The van der Waals surface area contributed by atoms with Gasteiger partial charge in [-0.1, -0.05) is 13.3 Å². The second-order valence-corrected chi connectivity index (χ2v) is 7.61. The van der Waals surface area contributed by atoms with Gasteiger partial charge >= 0.3 is 0 Å². The molecule has 0 radical (unpaired) electrons. The molecule has 2 bridgehead atoms. The molecule has 2 aliphatic heterocycles. The fraction of sp³-hybridized carbons (Fsp3) is 0.789. The van der Waals surface area contributed by atoms with Crippen molar-refractivity contribution >= 4 is 5.95 Å². The van der Waals surface area contributed by atoms with Gasteiger partial charge in [0.15, 0.2) is 0 Å². The lowest BCUT2D eigenvalue weighted by Crippen LogP contribution is -2.53. The Hall–Kier alpha value is -1.20. The Labute approximate surface area is 147 Å². The number of fused-ring (bicyclic) bond motifs is 2. The molecule has 2 atom stereocenters. The Balaban J connectivity index is 1.46. The average molecular weight is 332 g/mol. The molecular formula is C19H33N5. The van der Waals surface area contributed by atoms with Crippen LogP contribution in [0.3, 0.4) is 0 Å². The maximum atomic E-state index is 4.70. The van der Waals surface area contributed by atoms with Crippen molar-refractivity contribution in [2.24, 2.45) is 0 Å². The lowest BCUT2D eigenvalue weighted by Gasteiger charge is -2.39. The van der Waals surface area contributed by atoms with Crippen LogP contribution in [0.25, 0.3) is 0 Å². The fourth-order valence-electron chi connectivity index (χ4n) is 4.10. The maximum absolute atomic E-state index is 4.70. The number of nitrogens with zero attached hydrogens (tertiary/aromatic N) is 5. The van der Waals surface area contributed by atoms with Gasteiger partial charge in [-0.2, -0.15) is 0 Å². The van der Waals surface area contributed by atoms with E-state index in [1.807, 2.05) is 0 Å². The number of aryl methyl sites for hydroxylation is 1. The fourth-order valence-corrected chi connectivity index (χ4v) is 4.10. The molecule has 0 aromatic carbocycles. The molecule has 134 valence electrons. The normalized spacial score (nSPS) is 24.1. The van der Waals surface area contributed by atoms with Crippen LogP contribution in [0.4, 0.5) is 5.95 Å². The summed E-state index contributed by atoms with van der Waals surface area (Å²) < 4.78 is 0. The monoisotopic (exact) mass is 331 g/mol. The summed E-state index contributed by atoms with van der Waals surface area (Å²) in [6.07, 6.45) is 11.6. The molecule has 2 saturated heterocycles. The van der Waals surface area contributed by atoms with Gasteiger partial charge in [0.2, 0.25) is 5.95 Å². The summed E-state index contributed by atoms with van der Waals surface area (Å²) >= 11 is 0. The van der Waals surface area contributed by atoms with Gasteiger partial charge in [0.25, 0.3) is 0 Å². The molecule has 0 aliphatic carbocycles. The molecule has 0 spiro atoms. The van der Waals surface area contributed by atoms with E-state index in [1.54, 1.807) is 0 Å². The van der Waals surface area contributed by atoms with Gasteiger partial charge < -0.3 is 14.7 Å². The number of likely N-dealkylation sites (N-methyl/N-ethyl adjacent to an activating group) is 1. The first kappa shape index (κ1) is 17.6. The van der Waals surface area contributed by atoms with Crippen molar-refractivity contribution in [3.8, 4) is 0 Å². The second kappa shape index (κ2) is 8.26. The summed E-state index contributed by atoms with van der Waals surface area (Å²) in [5, 5.41) is 0. The van der Waals surface area contributed by atoms with E-state index in [2.05, 4.69) is 48.1 Å². The number of anilines is 1. The van der Waals surface area contributed by atoms with Gasteiger partial charge in [-0.15, -0.1) is 0 Å². The highest BCUT2D eigenvalue weighted by Gasteiger charge is 2.39. The van der Waals surface area contributed by atoms with Gasteiger partial charge in [-0.3, -0.25) is 0 Å². The standard InChI is InChI=1S/C19H33N5/c1-4-22(2)11-7-5-6-8-16-12-20-19(21-13-16)24-17-9-10-18(24)15-23(3)14-17/h12-13,17-18H,4-11,14-15H2,1-3H3. The number of unbranched alkanes of at least 4 members (excludes halogenated alkanes) is 2. The Morgan fingerprint density at radius 1 is 1.08 bits per heavy atom. The maximum Gasteiger partial charge on any atom is 0.225 e. The highest BCUT2D eigenvalue weighted by Crippen LogP contribution is 2.32. The molecule has 3 rings (SSSR count). The van der Waals surface area contributed by atoms with Crippen molar-refractivity contribution in [3.05, 3.63) is 18.0 Å². The Bertz CT molecular complexity index is 489. The van der Waals surface area contributed by atoms with Crippen LogP contribution in [-0.4, -0.2) is 72.1 Å². The Morgan fingerprint density at radius 2 is 1.75 bits per heavy atom. The summed E-state index contributed by atoms with van der Waals surface area (Å²) in [5.74, 6) is 0.948. The molecule has 5 nitrogen and oxygen atoms in total. The van der Waals surface area contributed by atoms with Crippen molar-refractivity contribution in [1.29, 1.82) is 0 Å². The highest BCUT2D eigenvalue weighted by molar-refractivity contribution is 5.37. The number of hydrogen-bond donors (Lipinski definition) is 0. The third-order valence-corrected chi connectivity index (χ3v) is 5.63. The van der Waals surface area contributed by atoms with Crippen molar-refractivity contribution in [1.82, 2.24) is 19.8 Å². The topological polar surface area (TPSA) is 35.5 Å². The molecule has 2 aliphatic rings. The molecule has 5 heteroatoms. The average Bonchev–Trinajstić information content (AvgIpc) is 2.86. The van der Waals surface area contributed by atoms with Gasteiger partial charge in [-0.05, 0) is 64.9 Å². The summed E-state index contributed by atoms with van der Waals surface area (Å²) in [4.78, 5) is 16.7. The summed E-state index contributed by atoms with van der Waals surface area (Å²) in [5.41, 5.74) is 1.28. The zero-order valence-electron chi connectivity index (χ0n) is 15.6. The van der Waals surface area contributed by atoms with Crippen LogP contribution in [-0.2, 0) is 6.42 Å². The van der Waals surface area contributed by atoms with Crippen LogP contribution in [0.5, 0.6) is 0 Å². The minimum Gasteiger partial charge on any atom is -0.332 e. The van der Waals surface area contributed by atoms with Crippen molar-refractivity contribution in [2.75, 3.05) is 45.2 Å². The molecule has 0 N–H and O–H groups in total. The summed E-state index contributed by atoms with van der Waals surface area (Å²) in [6.45, 7) is 6.86. The van der Waals surface area contributed by atoms with Gasteiger partial charge in [0.1, 0.15) is 0 Å². The second-order valence-electron chi connectivity index (χ2n) is 7.61. The van der Waals surface area contributed by atoms with E-state index in [0.29, 0.717) is 12.1 Å². The van der Waals surface area contributed by atoms with Crippen LogP contribution in [0.2, 0.25) is 0 Å². The first-order valence-electron chi connectivity index (χ1n) is 9.63. The first-order valence-corrected chi connectivity index (χ1v) is 9.63. The zero-order chi connectivity index (χ0) is 16.9. The zero-order valence-corrected chi connectivity index (χ0v) is 15.6. The van der Waals surface area contributed by atoms with Gasteiger partial charge in [0.05, 0.1) is 0 Å². The van der Waals surface area contributed by atoms with E-state index in [1.165, 1.54) is 44.2 Å².